The minimum atomic E-state index is -0.252. The molecule has 0 aromatic rings. The molecule has 4 heteroatoms. The van der Waals surface area contributed by atoms with Crippen LogP contribution in [0, 0.1) is 5.92 Å². The number of rotatable bonds is 9. The zero-order valence-electron chi connectivity index (χ0n) is 11.2. The van der Waals surface area contributed by atoms with Gasteiger partial charge in [-0.15, -0.1) is 0 Å². The molecule has 0 aliphatic carbocycles. The largest absolute Gasteiger partial charge is 0.462 e. The van der Waals surface area contributed by atoms with E-state index in [9.17, 15) is 9.59 Å². The van der Waals surface area contributed by atoms with Crippen LogP contribution in [-0.2, 0) is 19.1 Å². The molecular formula is C14H21O4. The number of ether oxygens (including phenoxy) is 2. The third-order valence-electron chi connectivity index (χ3n) is 2.19. The van der Waals surface area contributed by atoms with Crippen molar-refractivity contribution in [2.45, 2.75) is 39.7 Å². The molecule has 0 saturated carbocycles. The Morgan fingerprint density at radius 2 is 2.06 bits per heavy atom. The zero-order chi connectivity index (χ0) is 13.8. The van der Waals surface area contributed by atoms with Crippen LogP contribution in [0.25, 0.3) is 0 Å². The van der Waals surface area contributed by atoms with Gasteiger partial charge in [0.2, 0.25) is 0 Å². The number of hydrogen-bond donors (Lipinski definition) is 0. The maximum Gasteiger partial charge on any atom is 0.417 e. The van der Waals surface area contributed by atoms with Gasteiger partial charge in [0.1, 0.15) is 6.10 Å². The van der Waals surface area contributed by atoms with Gasteiger partial charge < -0.3 is 9.47 Å². The number of esters is 1. The smallest absolute Gasteiger partial charge is 0.417 e. The summed E-state index contributed by atoms with van der Waals surface area (Å²) < 4.78 is 9.66. The lowest BCUT2D eigenvalue weighted by Gasteiger charge is -2.10. The summed E-state index contributed by atoms with van der Waals surface area (Å²) in [5.41, 5.74) is 0. The Kier molecular flexibility index (Phi) is 9.64. The highest BCUT2D eigenvalue weighted by Crippen LogP contribution is 2.03. The highest BCUT2D eigenvalue weighted by Gasteiger charge is 2.06. The molecule has 4 nitrogen and oxygen atoms in total. The van der Waals surface area contributed by atoms with Crippen molar-refractivity contribution in [1.29, 1.82) is 0 Å². The molecule has 2 unspecified atom stereocenters. The third kappa shape index (κ3) is 9.63. The lowest BCUT2D eigenvalue weighted by Crippen LogP contribution is -2.13. The second kappa shape index (κ2) is 10.6. The fourth-order valence-electron chi connectivity index (χ4n) is 1.27. The van der Waals surface area contributed by atoms with Gasteiger partial charge in [-0.2, -0.15) is 0 Å². The van der Waals surface area contributed by atoms with E-state index in [2.05, 4.69) is 4.74 Å². The molecule has 0 bridgehead atoms. The maximum atomic E-state index is 11.4. The fourth-order valence-corrected chi connectivity index (χ4v) is 1.27. The average Bonchev–Trinajstić information content (AvgIpc) is 2.33. The van der Waals surface area contributed by atoms with Crippen LogP contribution >= 0.6 is 0 Å². The van der Waals surface area contributed by atoms with E-state index in [1.165, 1.54) is 6.47 Å². The summed E-state index contributed by atoms with van der Waals surface area (Å²) >= 11 is 0. The molecule has 0 N–H and O–H groups in total. The van der Waals surface area contributed by atoms with Crippen LogP contribution in [0.2, 0.25) is 0 Å². The standard InChI is InChI=1S/C14H21O4/c1-4-5-8-13(3)18-14(16)9-6-7-12(2)10-17-11-15/h4-7,12-13H,8-10H2,1-3H3. The molecule has 2 atom stereocenters. The number of carbonyl (C=O) groups is 1. The van der Waals surface area contributed by atoms with Crippen molar-refractivity contribution < 1.29 is 19.1 Å². The summed E-state index contributed by atoms with van der Waals surface area (Å²) in [6.45, 7) is 7.30. The van der Waals surface area contributed by atoms with Crippen LogP contribution in [0.15, 0.2) is 24.3 Å². The highest BCUT2D eigenvalue weighted by molar-refractivity contribution is 5.71. The average molecular weight is 253 g/mol. The predicted octanol–water partition coefficient (Wildman–Crippen LogP) is 2.55. The molecule has 101 valence electrons. The van der Waals surface area contributed by atoms with E-state index >= 15 is 0 Å². The van der Waals surface area contributed by atoms with E-state index < -0.39 is 0 Å². The van der Waals surface area contributed by atoms with Crippen molar-refractivity contribution >= 4 is 12.4 Å². The zero-order valence-corrected chi connectivity index (χ0v) is 11.2. The molecule has 0 spiro atoms. The molecule has 0 saturated heterocycles. The molecule has 0 aromatic heterocycles. The quantitative estimate of drug-likeness (QED) is 0.468. The Balaban J connectivity index is 3.81. The summed E-state index contributed by atoms with van der Waals surface area (Å²) in [6, 6.07) is 0. The molecular weight excluding hydrogens is 232 g/mol. The molecule has 0 heterocycles. The normalized spacial score (nSPS) is 14.6. The first-order valence-electron chi connectivity index (χ1n) is 6.06. The van der Waals surface area contributed by atoms with Crippen molar-refractivity contribution in [1.82, 2.24) is 0 Å². The van der Waals surface area contributed by atoms with Crippen molar-refractivity contribution in [2.75, 3.05) is 6.61 Å². The van der Waals surface area contributed by atoms with Gasteiger partial charge in [0.05, 0.1) is 13.0 Å². The Morgan fingerprint density at radius 1 is 1.33 bits per heavy atom. The summed E-state index contributed by atoms with van der Waals surface area (Å²) in [4.78, 5) is 21.3. The SMILES string of the molecule is CC=CCC(C)OC(=O)CC=CC(C)CO[C]=O. The van der Waals surface area contributed by atoms with Crippen LogP contribution < -0.4 is 0 Å². The topological polar surface area (TPSA) is 52.6 Å². The monoisotopic (exact) mass is 253 g/mol. The third-order valence-corrected chi connectivity index (χ3v) is 2.19. The highest BCUT2D eigenvalue weighted by atomic mass is 16.5. The van der Waals surface area contributed by atoms with Crippen LogP contribution in [0.4, 0.5) is 0 Å². The first-order valence-corrected chi connectivity index (χ1v) is 6.06. The Morgan fingerprint density at radius 3 is 2.67 bits per heavy atom. The maximum absolute atomic E-state index is 11.4. The van der Waals surface area contributed by atoms with Crippen molar-refractivity contribution in [3.8, 4) is 0 Å². The Bertz CT molecular complexity index is 294. The van der Waals surface area contributed by atoms with Gasteiger partial charge in [0.15, 0.2) is 0 Å². The Hall–Kier alpha value is -1.58. The molecule has 0 aliphatic rings. The second-order valence-corrected chi connectivity index (χ2v) is 4.11. The molecule has 18 heavy (non-hydrogen) atoms. The van der Waals surface area contributed by atoms with Gasteiger partial charge in [-0.1, -0.05) is 31.2 Å². The van der Waals surface area contributed by atoms with Crippen molar-refractivity contribution in [2.24, 2.45) is 5.92 Å². The predicted molar refractivity (Wildman–Crippen MR) is 69.6 cm³/mol. The van der Waals surface area contributed by atoms with E-state index in [4.69, 9.17) is 4.74 Å². The summed E-state index contributed by atoms with van der Waals surface area (Å²) in [5, 5.41) is 0. The first kappa shape index (κ1) is 16.4. The van der Waals surface area contributed by atoms with E-state index in [-0.39, 0.29) is 31.0 Å². The minimum Gasteiger partial charge on any atom is -0.462 e. The molecule has 0 amide bonds. The van der Waals surface area contributed by atoms with Crippen LogP contribution in [0.3, 0.4) is 0 Å². The lowest BCUT2D eigenvalue weighted by molar-refractivity contribution is -0.146. The second-order valence-electron chi connectivity index (χ2n) is 4.11. The van der Waals surface area contributed by atoms with Crippen LogP contribution in [-0.4, -0.2) is 25.2 Å². The lowest BCUT2D eigenvalue weighted by atomic mass is 10.2. The fraction of sp³-hybridized carbons (Fsp3) is 0.571. The molecule has 0 aliphatic heterocycles. The van der Waals surface area contributed by atoms with E-state index in [1.54, 1.807) is 6.08 Å². The summed E-state index contributed by atoms with van der Waals surface area (Å²) in [7, 11) is 0. The van der Waals surface area contributed by atoms with E-state index in [1.807, 2.05) is 39.0 Å². The minimum absolute atomic E-state index is 0.0692. The van der Waals surface area contributed by atoms with Gasteiger partial charge >= 0.3 is 12.4 Å². The van der Waals surface area contributed by atoms with Gasteiger partial charge in [0, 0.05) is 12.3 Å². The molecule has 0 aromatic carbocycles. The first-order chi connectivity index (χ1) is 8.60. The van der Waals surface area contributed by atoms with Crippen molar-refractivity contribution in [3.05, 3.63) is 24.3 Å². The number of hydrogen-bond acceptors (Lipinski definition) is 4. The van der Waals surface area contributed by atoms with Gasteiger partial charge in [0.25, 0.3) is 0 Å². The number of carbonyl (C=O) groups excluding carboxylic acids is 2. The van der Waals surface area contributed by atoms with Crippen LogP contribution in [0.5, 0.6) is 0 Å². The van der Waals surface area contributed by atoms with E-state index in [0.717, 1.165) is 6.42 Å². The summed E-state index contributed by atoms with van der Waals surface area (Å²) in [6.07, 6.45) is 8.28. The summed E-state index contributed by atoms with van der Waals surface area (Å²) in [5.74, 6) is -0.182. The molecule has 1 radical (unpaired) electrons. The van der Waals surface area contributed by atoms with Crippen LogP contribution in [0.1, 0.15) is 33.6 Å². The Labute approximate surface area is 109 Å². The molecule has 0 fully saturated rings. The van der Waals surface area contributed by atoms with E-state index in [0.29, 0.717) is 0 Å². The molecule has 0 rings (SSSR count). The van der Waals surface area contributed by atoms with Gasteiger partial charge in [-0.3, -0.25) is 4.79 Å². The van der Waals surface area contributed by atoms with Gasteiger partial charge in [-0.25, -0.2) is 4.79 Å². The van der Waals surface area contributed by atoms with Crippen molar-refractivity contribution in [3.63, 3.8) is 0 Å². The van der Waals surface area contributed by atoms with Gasteiger partial charge in [-0.05, 0) is 13.8 Å². The number of allylic oxidation sites excluding steroid dienone is 1.